The monoisotopic (exact) mass is 252 g/mol. The zero-order valence-corrected chi connectivity index (χ0v) is 11.7. The van der Waals surface area contributed by atoms with Crippen LogP contribution < -0.4 is 15.0 Å². The lowest BCUT2D eigenvalue weighted by Crippen LogP contribution is -2.53. The number of benzene rings is 1. The van der Waals surface area contributed by atoms with Crippen LogP contribution in [0.2, 0.25) is 0 Å². The van der Waals surface area contributed by atoms with Crippen LogP contribution in [0.1, 0.15) is 13.8 Å². The number of rotatable bonds is 7. The average molecular weight is 252 g/mol. The van der Waals surface area contributed by atoms with Crippen molar-refractivity contribution in [1.29, 1.82) is 0 Å². The minimum Gasteiger partial charge on any atom is -0.497 e. The van der Waals surface area contributed by atoms with Gasteiger partial charge in [-0.2, -0.15) is 0 Å². The van der Waals surface area contributed by atoms with Crippen LogP contribution in [0.4, 0.5) is 5.69 Å². The number of hydrogen-bond acceptors (Lipinski definition) is 4. The third-order valence-electron chi connectivity index (χ3n) is 3.03. The van der Waals surface area contributed by atoms with Crippen LogP contribution >= 0.6 is 0 Å². The van der Waals surface area contributed by atoms with Gasteiger partial charge in [-0.05, 0) is 25.6 Å². The summed E-state index contributed by atoms with van der Waals surface area (Å²) in [5.41, 5.74) is 0.777. The van der Waals surface area contributed by atoms with E-state index in [0.717, 1.165) is 24.5 Å². The number of aliphatic hydroxyl groups excluding tert-OH is 1. The smallest absolute Gasteiger partial charge is 0.120 e. The molecular formula is C14H24N2O2. The van der Waals surface area contributed by atoms with Gasteiger partial charge in [0.15, 0.2) is 0 Å². The van der Waals surface area contributed by atoms with Gasteiger partial charge in [-0.3, -0.25) is 0 Å². The van der Waals surface area contributed by atoms with Crippen molar-refractivity contribution < 1.29 is 9.84 Å². The molecule has 4 heteroatoms. The highest BCUT2D eigenvalue weighted by Crippen LogP contribution is 2.21. The van der Waals surface area contributed by atoms with Gasteiger partial charge in [-0.25, -0.2) is 0 Å². The zero-order valence-electron chi connectivity index (χ0n) is 11.7. The van der Waals surface area contributed by atoms with E-state index in [4.69, 9.17) is 4.74 Å². The Hall–Kier alpha value is -1.26. The number of ether oxygens (including phenoxy) is 1. The van der Waals surface area contributed by atoms with Crippen LogP contribution in [0, 0.1) is 0 Å². The Bertz CT molecular complexity index is 371. The molecule has 1 aromatic rings. The quantitative estimate of drug-likeness (QED) is 0.772. The van der Waals surface area contributed by atoms with Gasteiger partial charge < -0.3 is 20.1 Å². The highest BCUT2D eigenvalue weighted by Gasteiger charge is 2.24. The molecule has 0 bridgehead atoms. The van der Waals surface area contributed by atoms with Gasteiger partial charge >= 0.3 is 0 Å². The summed E-state index contributed by atoms with van der Waals surface area (Å²) in [6.45, 7) is 5.73. The zero-order chi connectivity index (χ0) is 13.6. The predicted octanol–water partition coefficient (Wildman–Crippen LogP) is 1.49. The fourth-order valence-electron chi connectivity index (χ4n) is 2.05. The van der Waals surface area contributed by atoms with E-state index in [1.54, 1.807) is 7.11 Å². The maximum atomic E-state index is 9.50. The van der Waals surface area contributed by atoms with Crippen molar-refractivity contribution in [1.82, 2.24) is 5.32 Å². The van der Waals surface area contributed by atoms with Gasteiger partial charge in [0, 0.05) is 25.3 Å². The summed E-state index contributed by atoms with van der Waals surface area (Å²) in [7, 11) is 3.68. The number of likely N-dealkylation sites (N-methyl/N-ethyl adjacent to an activating group) is 2. The van der Waals surface area contributed by atoms with E-state index < -0.39 is 0 Å². The second-order valence-corrected chi connectivity index (χ2v) is 4.81. The predicted molar refractivity (Wildman–Crippen MR) is 75.4 cm³/mol. The lowest BCUT2D eigenvalue weighted by molar-refractivity contribution is 0.181. The van der Waals surface area contributed by atoms with E-state index in [1.165, 1.54) is 0 Å². The Morgan fingerprint density at radius 1 is 1.44 bits per heavy atom. The van der Waals surface area contributed by atoms with Gasteiger partial charge in [0.2, 0.25) is 0 Å². The molecule has 0 fully saturated rings. The first-order valence-corrected chi connectivity index (χ1v) is 6.25. The highest BCUT2D eigenvalue weighted by atomic mass is 16.5. The molecule has 1 unspecified atom stereocenters. The maximum absolute atomic E-state index is 9.50. The Morgan fingerprint density at radius 3 is 2.72 bits per heavy atom. The average Bonchev–Trinajstić information content (AvgIpc) is 2.39. The molecule has 102 valence electrons. The number of hydrogen-bond donors (Lipinski definition) is 2. The molecule has 0 aromatic heterocycles. The first-order chi connectivity index (χ1) is 8.54. The van der Waals surface area contributed by atoms with Crippen molar-refractivity contribution in [3.8, 4) is 5.75 Å². The summed E-state index contributed by atoms with van der Waals surface area (Å²) in [6.07, 6.45) is 0. The summed E-state index contributed by atoms with van der Waals surface area (Å²) in [5, 5.41) is 12.8. The molecule has 4 nitrogen and oxygen atoms in total. The molecule has 18 heavy (non-hydrogen) atoms. The number of aliphatic hydroxyl groups is 1. The van der Waals surface area contributed by atoms with Gasteiger partial charge in [0.25, 0.3) is 0 Å². The second kappa shape index (κ2) is 6.61. The van der Waals surface area contributed by atoms with Crippen molar-refractivity contribution in [3.05, 3.63) is 24.3 Å². The molecule has 0 saturated carbocycles. The molecule has 0 saturated heterocycles. The molecule has 1 rings (SSSR count). The lowest BCUT2D eigenvalue weighted by Gasteiger charge is -2.34. The number of nitrogens with one attached hydrogen (secondary N) is 1. The summed E-state index contributed by atoms with van der Waals surface area (Å²) < 4.78 is 5.22. The Labute approximate surface area is 110 Å². The van der Waals surface area contributed by atoms with Crippen LogP contribution in [0.15, 0.2) is 24.3 Å². The van der Waals surface area contributed by atoms with Crippen LogP contribution in [0.3, 0.4) is 0 Å². The van der Waals surface area contributed by atoms with Crippen LogP contribution in [0.25, 0.3) is 0 Å². The van der Waals surface area contributed by atoms with Crippen LogP contribution in [0.5, 0.6) is 5.75 Å². The van der Waals surface area contributed by atoms with E-state index in [2.05, 4.69) is 10.2 Å². The van der Waals surface area contributed by atoms with Gasteiger partial charge in [0.1, 0.15) is 5.75 Å². The van der Waals surface area contributed by atoms with E-state index in [1.807, 2.05) is 45.2 Å². The van der Waals surface area contributed by atoms with E-state index >= 15 is 0 Å². The van der Waals surface area contributed by atoms with Crippen molar-refractivity contribution in [3.63, 3.8) is 0 Å². The molecule has 0 spiro atoms. The summed E-state index contributed by atoms with van der Waals surface area (Å²) in [4.78, 5) is 2.11. The first kappa shape index (κ1) is 14.8. The molecule has 0 aliphatic heterocycles. The SMILES string of the molecule is CCNC(C)(CO)CN(C)c1cccc(OC)c1. The summed E-state index contributed by atoms with van der Waals surface area (Å²) in [5.74, 6) is 0.841. The molecule has 1 atom stereocenters. The van der Waals surface area contributed by atoms with Gasteiger partial charge in [-0.1, -0.05) is 13.0 Å². The van der Waals surface area contributed by atoms with Crippen LogP contribution in [-0.4, -0.2) is 44.5 Å². The Balaban J connectivity index is 2.76. The fourth-order valence-corrected chi connectivity index (χ4v) is 2.05. The summed E-state index contributed by atoms with van der Waals surface area (Å²) in [6, 6.07) is 7.91. The van der Waals surface area contributed by atoms with Crippen molar-refractivity contribution >= 4 is 5.69 Å². The normalized spacial score (nSPS) is 14.1. The number of nitrogens with zero attached hydrogens (tertiary/aromatic N) is 1. The van der Waals surface area contributed by atoms with Gasteiger partial charge in [0.05, 0.1) is 19.3 Å². The molecule has 1 aromatic carbocycles. The van der Waals surface area contributed by atoms with Crippen LogP contribution in [-0.2, 0) is 0 Å². The standard InChI is InChI=1S/C14H24N2O2/c1-5-15-14(2,11-17)10-16(3)12-7-6-8-13(9-12)18-4/h6-9,15,17H,5,10-11H2,1-4H3. The molecule has 0 heterocycles. The second-order valence-electron chi connectivity index (χ2n) is 4.81. The maximum Gasteiger partial charge on any atom is 0.120 e. The Kier molecular flexibility index (Phi) is 5.44. The minimum atomic E-state index is -0.299. The van der Waals surface area contributed by atoms with E-state index in [9.17, 15) is 5.11 Å². The van der Waals surface area contributed by atoms with Crippen molar-refractivity contribution in [2.24, 2.45) is 0 Å². The molecule has 2 N–H and O–H groups in total. The van der Waals surface area contributed by atoms with Crippen molar-refractivity contribution in [2.75, 3.05) is 38.8 Å². The van der Waals surface area contributed by atoms with E-state index in [0.29, 0.717) is 0 Å². The molecule has 0 amide bonds. The molecular weight excluding hydrogens is 228 g/mol. The third kappa shape index (κ3) is 3.89. The van der Waals surface area contributed by atoms with Crippen molar-refractivity contribution in [2.45, 2.75) is 19.4 Å². The number of anilines is 1. The molecule has 0 aliphatic rings. The largest absolute Gasteiger partial charge is 0.497 e. The lowest BCUT2D eigenvalue weighted by atomic mass is 10.0. The fraction of sp³-hybridized carbons (Fsp3) is 0.571. The van der Waals surface area contributed by atoms with E-state index in [-0.39, 0.29) is 12.1 Å². The third-order valence-corrected chi connectivity index (χ3v) is 3.03. The minimum absolute atomic E-state index is 0.106. The topological polar surface area (TPSA) is 44.7 Å². The Morgan fingerprint density at radius 2 is 2.17 bits per heavy atom. The highest BCUT2D eigenvalue weighted by molar-refractivity contribution is 5.50. The first-order valence-electron chi connectivity index (χ1n) is 6.25. The molecule has 0 aliphatic carbocycles. The van der Waals surface area contributed by atoms with Gasteiger partial charge in [-0.15, -0.1) is 0 Å². The number of methoxy groups -OCH3 is 1. The summed E-state index contributed by atoms with van der Waals surface area (Å²) >= 11 is 0. The molecule has 0 radical (unpaired) electrons.